The van der Waals surface area contributed by atoms with Crippen molar-refractivity contribution in [3.8, 4) is 0 Å². The van der Waals surface area contributed by atoms with Crippen molar-refractivity contribution in [3.05, 3.63) is 35.4 Å². The van der Waals surface area contributed by atoms with Gasteiger partial charge < -0.3 is 10.2 Å². The minimum absolute atomic E-state index is 0.135. The first-order valence-corrected chi connectivity index (χ1v) is 4.08. The third-order valence-corrected chi connectivity index (χ3v) is 1.78. The van der Waals surface area contributed by atoms with E-state index in [1.807, 2.05) is 0 Å². The van der Waals surface area contributed by atoms with Crippen LogP contribution in [0, 0.1) is 0 Å². The third kappa shape index (κ3) is 2.67. The number of Topliss-reactive ketones (excluding diaryl/α,β-unsaturated/α-hetero) is 1. The number of hydrogen-bond acceptors (Lipinski definition) is 3. The Bertz CT molecular complexity index is 340. The quantitative estimate of drug-likeness (QED) is 0.731. The fraction of sp³-hybridized carbons (Fsp3) is 0.200. The molecule has 74 valence electrons. The maximum Gasteiger partial charge on any atom is 0.335 e. The first-order chi connectivity index (χ1) is 6.63. The standard InChI is InChI=1S/C10H10O4/c11-6-9(12)5-7-1-3-8(4-2-7)10(13)14/h1-4,11H,5-6H2,(H,13,14). The maximum atomic E-state index is 10.8. The van der Waals surface area contributed by atoms with Gasteiger partial charge in [-0.1, -0.05) is 12.1 Å². The van der Waals surface area contributed by atoms with E-state index in [0.29, 0.717) is 5.56 Å². The van der Waals surface area contributed by atoms with Crippen LogP contribution in [0.3, 0.4) is 0 Å². The van der Waals surface area contributed by atoms with E-state index in [1.165, 1.54) is 12.1 Å². The smallest absolute Gasteiger partial charge is 0.335 e. The lowest BCUT2D eigenvalue weighted by Gasteiger charge is -1.99. The molecule has 0 bridgehead atoms. The molecule has 0 atom stereocenters. The van der Waals surface area contributed by atoms with E-state index < -0.39 is 12.6 Å². The highest BCUT2D eigenvalue weighted by atomic mass is 16.4. The van der Waals surface area contributed by atoms with Crippen LogP contribution in [-0.2, 0) is 11.2 Å². The maximum absolute atomic E-state index is 10.8. The summed E-state index contributed by atoms with van der Waals surface area (Å²) in [6.45, 7) is -0.485. The summed E-state index contributed by atoms with van der Waals surface area (Å²) < 4.78 is 0. The highest BCUT2D eigenvalue weighted by Gasteiger charge is 2.04. The Kier molecular flexibility index (Phi) is 3.36. The summed E-state index contributed by atoms with van der Waals surface area (Å²) in [7, 11) is 0. The second-order valence-corrected chi connectivity index (χ2v) is 2.88. The summed E-state index contributed by atoms with van der Waals surface area (Å²) in [5.74, 6) is -1.28. The van der Waals surface area contributed by atoms with Gasteiger partial charge in [0.25, 0.3) is 0 Å². The number of hydrogen-bond donors (Lipinski definition) is 2. The molecule has 0 aliphatic heterocycles. The van der Waals surface area contributed by atoms with Crippen LogP contribution in [0.2, 0.25) is 0 Å². The molecule has 1 aromatic rings. The molecule has 0 aliphatic carbocycles. The van der Waals surface area contributed by atoms with Crippen molar-refractivity contribution >= 4 is 11.8 Å². The van der Waals surface area contributed by atoms with Gasteiger partial charge in [-0.3, -0.25) is 4.79 Å². The Morgan fingerprint density at radius 1 is 1.14 bits per heavy atom. The van der Waals surface area contributed by atoms with Crippen molar-refractivity contribution in [2.24, 2.45) is 0 Å². The zero-order valence-corrected chi connectivity index (χ0v) is 7.43. The number of carboxylic acids is 1. The Morgan fingerprint density at radius 3 is 2.14 bits per heavy atom. The molecule has 14 heavy (non-hydrogen) atoms. The average molecular weight is 194 g/mol. The van der Waals surface area contributed by atoms with Gasteiger partial charge >= 0.3 is 5.97 Å². The van der Waals surface area contributed by atoms with Crippen LogP contribution in [0.25, 0.3) is 0 Å². The van der Waals surface area contributed by atoms with E-state index in [2.05, 4.69) is 0 Å². The number of ketones is 1. The first-order valence-electron chi connectivity index (χ1n) is 4.08. The number of aliphatic hydroxyl groups is 1. The molecule has 0 saturated carbocycles. The third-order valence-electron chi connectivity index (χ3n) is 1.78. The average Bonchev–Trinajstić information content (AvgIpc) is 2.18. The topological polar surface area (TPSA) is 74.6 Å². The minimum Gasteiger partial charge on any atom is -0.478 e. The van der Waals surface area contributed by atoms with E-state index in [-0.39, 0.29) is 17.8 Å². The van der Waals surface area contributed by atoms with Gasteiger partial charge in [0.2, 0.25) is 0 Å². The van der Waals surface area contributed by atoms with Crippen molar-refractivity contribution in [2.75, 3.05) is 6.61 Å². The summed E-state index contributed by atoms with van der Waals surface area (Å²) in [6, 6.07) is 6.00. The second-order valence-electron chi connectivity index (χ2n) is 2.88. The molecule has 4 nitrogen and oxygen atoms in total. The molecule has 0 spiro atoms. The summed E-state index contributed by atoms with van der Waals surface area (Å²) in [5, 5.41) is 17.1. The molecule has 0 fully saturated rings. The first kappa shape index (κ1) is 10.4. The number of carbonyl (C=O) groups is 2. The monoisotopic (exact) mass is 194 g/mol. The molecule has 0 aromatic heterocycles. The highest BCUT2D eigenvalue weighted by Crippen LogP contribution is 2.05. The molecule has 0 aliphatic rings. The lowest BCUT2D eigenvalue weighted by atomic mass is 10.1. The molecular weight excluding hydrogens is 184 g/mol. The Morgan fingerprint density at radius 2 is 1.71 bits per heavy atom. The van der Waals surface area contributed by atoms with Crippen LogP contribution in [-0.4, -0.2) is 28.6 Å². The SMILES string of the molecule is O=C(CO)Cc1ccc(C(=O)O)cc1. The van der Waals surface area contributed by atoms with E-state index in [9.17, 15) is 9.59 Å². The predicted molar refractivity (Wildman–Crippen MR) is 49.2 cm³/mol. The number of rotatable bonds is 4. The number of aliphatic hydroxyl groups excluding tert-OH is 1. The highest BCUT2D eigenvalue weighted by molar-refractivity contribution is 5.88. The van der Waals surface area contributed by atoms with Crippen LogP contribution in [0.1, 0.15) is 15.9 Å². The van der Waals surface area contributed by atoms with Crippen LogP contribution in [0.4, 0.5) is 0 Å². The molecule has 0 heterocycles. The molecule has 1 aromatic carbocycles. The molecule has 0 unspecified atom stereocenters. The van der Waals surface area contributed by atoms with Gasteiger partial charge in [0.1, 0.15) is 6.61 Å². The van der Waals surface area contributed by atoms with Crippen molar-refractivity contribution in [1.82, 2.24) is 0 Å². The number of benzene rings is 1. The van der Waals surface area contributed by atoms with Crippen molar-refractivity contribution < 1.29 is 19.8 Å². The summed E-state index contributed by atoms with van der Waals surface area (Å²) in [5.41, 5.74) is 0.888. The Hall–Kier alpha value is -1.68. The van der Waals surface area contributed by atoms with Crippen LogP contribution < -0.4 is 0 Å². The molecule has 2 N–H and O–H groups in total. The van der Waals surface area contributed by atoms with Gasteiger partial charge in [-0.2, -0.15) is 0 Å². The van der Waals surface area contributed by atoms with E-state index in [1.54, 1.807) is 12.1 Å². The van der Waals surface area contributed by atoms with Crippen LogP contribution >= 0.6 is 0 Å². The van der Waals surface area contributed by atoms with E-state index >= 15 is 0 Å². The summed E-state index contributed by atoms with van der Waals surface area (Å²) >= 11 is 0. The summed E-state index contributed by atoms with van der Waals surface area (Å²) in [6.07, 6.45) is 0.135. The molecule has 4 heteroatoms. The normalized spacial score (nSPS) is 9.79. The number of carbonyl (C=O) groups excluding carboxylic acids is 1. The van der Waals surface area contributed by atoms with Crippen LogP contribution in [0.5, 0.6) is 0 Å². The van der Waals surface area contributed by atoms with Crippen molar-refractivity contribution in [1.29, 1.82) is 0 Å². The van der Waals surface area contributed by atoms with Crippen molar-refractivity contribution in [3.63, 3.8) is 0 Å². The molecule has 0 saturated heterocycles. The van der Waals surface area contributed by atoms with Gasteiger partial charge in [-0.05, 0) is 17.7 Å². The van der Waals surface area contributed by atoms with E-state index in [4.69, 9.17) is 10.2 Å². The fourth-order valence-electron chi connectivity index (χ4n) is 1.05. The largest absolute Gasteiger partial charge is 0.478 e. The van der Waals surface area contributed by atoms with Crippen LogP contribution in [0.15, 0.2) is 24.3 Å². The second kappa shape index (κ2) is 4.53. The van der Waals surface area contributed by atoms with Gasteiger partial charge in [0, 0.05) is 6.42 Å². The fourth-order valence-corrected chi connectivity index (χ4v) is 1.05. The molecular formula is C10H10O4. The lowest BCUT2D eigenvalue weighted by molar-refractivity contribution is -0.121. The predicted octanol–water partition coefficient (Wildman–Crippen LogP) is 0.489. The number of aromatic carboxylic acids is 1. The summed E-state index contributed by atoms with van der Waals surface area (Å²) in [4.78, 5) is 21.3. The van der Waals surface area contributed by atoms with Gasteiger partial charge in [0.15, 0.2) is 5.78 Å². The lowest BCUT2D eigenvalue weighted by Crippen LogP contribution is -2.07. The molecule has 1 rings (SSSR count). The number of carboxylic acid groups (broad SMARTS) is 1. The van der Waals surface area contributed by atoms with Gasteiger partial charge in [-0.15, -0.1) is 0 Å². The minimum atomic E-state index is -0.995. The van der Waals surface area contributed by atoms with Gasteiger partial charge in [-0.25, -0.2) is 4.79 Å². The Balaban J connectivity index is 2.73. The Labute approximate surface area is 80.8 Å². The van der Waals surface area contributed by atoms with Gasteiger partial charge in [0.05, 0.1) is 5.56 Å². The molecule has 0 amide bonds. The van der Waals surface area contributed by atoms with Crippen molar-refractivity contribution in [2.45, 2.75) is 6.42 Å². The zero-order valence-electron chi connectivity index (χ0n) is 7.43. The van der Waals surface area contributed by atoms with E-state index in [0.717, 1.165) is 0 Å². The molecule has 0 radical (unpaired) electrons. The zero-order chi connectivity index (χ0) is 10.6.